The van der Waals surface area contributed by atoms with Gasteiger partial charge in [0.15, 0.2) is 5.82 Å². The van der Waals surface area contributed by atoms with Gasteiger partial charge in [0, 0.05) is 0 Å². The minimum atomic E-state index is -0.575. The van der Waals surface area contributed by atoms with Crippen LogP contribution >= 0.6 is 11.5 Å². The lowest BCUT2D eigenvalue weighted by atomic mass is 9.61. The third kappa shape index (κ3) is 15.9. The van der Waals surface area contributed by atoms with Crippen molar-refractivity contribution in [2.45, 2.75) is 152 Å². The number of rotatable bonds is 15. The fourth-order valence-corrected chi connectivity index (χ4v) is 8.51. The van der Waals surface area contributed by atoms with Crippen LogP contribution in [0.1, 0.15) is 113 Å². The third-order valence-electron chi connectivity index (χ3n) is 15.2. The van der Waals surface area contributed by atoms with Crippen molar-refractivity contribution in [3.63, 3.8) is 0 Å². The largest absolute Gasteiger partial charge is 0.494 e. The summed E-state index contributed by atoms with van der Waals surface area (Å²) in [4.78, 5) is 25.6. The van der Waals surface area contributed by atoms with E-state index < -0.39 is 37.6 Å². The number of aryl methyl sites for hydroxylation is 2. The first-order valence-corrected chi connectivity index (χ1v) is 27.6. The zero-order valence-electron chi connectivity index (χ0n) is 49.6. The molecule has 2 saturated heterocycles. The van der Waals surface area contributed by atoms with Crippen LogP contribution < -0.4 is 21.6 Å². The summed E-state index contributed by atoms with van der Waals surface area (Å²) in [6, 6.07) is 34.7. The Balaban J connectivity index is 0.000000206. The minimum absolute atomic E-state index is 0.0189. The summed E-state index contributed by atoms with van der Waals surface area (Å²) in [7, 11) is -0.861. The molecule has 0 spiro atoms. The number of carbonyl (C=O) groups is 2. The van der Waals surface area contributed by atoms with Crippen LogP contribution in [-0.2, 0) is 46.0 Å². The summed E-state index contributed by atoms with van der Waals surface area (Å²) in [5.74, 6) is 0.450. The molecular formula is C61H79B3N6O9S. The molecule has 19 heteroatoms. The van der Waals surface area contributed by atoms with E-state index in [0.717, 1.165) is 49.3 Å². The van der Waals surface area contributed by atoms with Gasteiger partial charge < -0.3 is 32.7 Å². The highest BCUT2D eigenvalue weighted by Gasteiger charge is 2.53. The van der Waals surface area contributed by atoms with Gasteiger partial charge in [-0.2, -0.15) is 9.06 Å². The van der Waals surface area contributed by atoms with Crippen molar-refractivity contribution in [3.8, 4) is 16.1 Å². The maximum Gasteiger partial charge on any atom is 0.494 e. The second kappa shape index (κ2) is 25.9. The first-order chi connectivity index (χ1) is 37.4. The Morgan fingerprint density at radius 3 is 1.59 bits per heavy atom. The van der Waals surface area contributed by atoms with Crippen molar-refractivity contribution in [3.05, 3.63) is 169 Å². The maximum atomic E-state index is 12.4. The van der Waals surface area contributed by atoms with Gasteiger partial charge in [-0.1, -0.05) is 160 Å². The molecule has 0 bridgehead atoms. The van der Waals surface area contributed by atoms with E-state index in [0.29, 0.717) is 17.2 Å². The van der Waals surface area contributed by atoms with Gasteiger partial charge in [-0.15, -0.1) is 11.7 Å². The summed E-state index contributed by atoms with van der Waals surface area (Å²) < 4.78 is 47.2. The van der Waals surface area contributed by atoms with Gasteiger partial charge in [-0.05, 0) is 140 Å². The van der Waals surface area contributed by atoms with Gasteiger partial charge in [-0.3, -0.25) is 10.6 Å². The molecule has 2 N–H and O–H groups in total. The summed E-state index contributed by atoms with van der Waals surface area (Å²) in [5.41, 5.74) is 6.68. The van der Waals surface area contributed by atoms with E-state index in [-0.39, 0.29) is 42.3 Å². The highest BCUT2D eigenvalue weighted by atomic mass is 32.1. The highest BCUT2D eigenvalue weighted by Crippen LogP contribution is 2.39. The SMILES string of the molecule is C=C/C=C\C(=C)B(C)OC(C)(C)C(C)(C)C.Cc1nnn(-c2ccc(B3OC(C)(C)C(C)(C)O3)cc2)c1NC(=O)OCc1ccccc1.Cc1nsc(-c2ccc(B3OC(C)(C)C(C)(C)O3)cc2)c1NC(=O)OCc1ccccc1. The Kier molecular flexibility index (Phi) is 20.3. The lowest BCUT2D eigenvalue weighted by molar-refractivity contribution is -0.000211. The smallest absolute Gasteiger partial charge is 0.444 e. The van der Waals surface area contributed by atoms with Gasteiger partial charge in [0.1, 0.15) is 18.9 Å². The normalized spacial score (nSPS) is 15.9. The number of carbonyl (C=O) groups excluding carboxylic acids is 2. The second-order valence-electron chi connectivity index (χ2n) is 23.4. The molecule has 422 valence electrons. The fraction of sp³-hybridized carbons (Fsp3) is 0.393. The van der Waals surface area contributed by atoms with Gasteiger partial charge >= 0.3 is 33.3 Å². The summed E-state index contributed by atoms with van der Waals surface area (Å²) in [6.07, 6.45) is 4.48. The zero-order chi connectivity index (χ0) is 58.8. The number of hydrogen-bond acceptors (Lipinski definition) is 13. The number of benzene rings is 4. The van der Waals surface area contributed by atoms with Gasteiger partial charge in [0.25, 0.3) is 0 Å². The number of nitrogens with zero attached hydrogens (tertiary/aromatic N) is 4. The molecular weight excluding hydrogens is 1030 g/mol. The number of allylic oxidation sites excluding steroid dienone is 4. The first kappa shape index (κ1) is 62.6. The third-order valence-corrected chi connectivity index (χ3v) is 16.2. The minimum Gasteiger partial charge on any atom is -0.444 e. The summed E-state index contributed by atoms with van der Waals surface area (Å²) in [6.45, 7) is 40.7. The number of hydrogen-bond donors (Lipinski definition) is 2. The molecule has 2 aliphatic rings. The topological polar surface area (TPSA) is 166 Å². The van der Waals surface area contributed by atoms with Crippen molar-refractivity contribution in [2.75, 3.05) is 10.6 Å². The lowest BCUT2D eigenvalue weighted by Gasteiger charge is -2.40. The van der Waals surface area contributed by atoms with Crippen LogP contribution in [0.4, 0.5) is 21.1 Å². The number of anilines is 2. The van der Waals surface area contributed by atoms with Crippen LogP contribution in [0.25, 0.3) is 16.1 Å². The molecule has 2 amide bonds. The lowest BCUT2D eigenvalue weighted by Crippen LogP contribution is -2.43. The quantitative estimate of drug-likeness (QED) is 0.0739. The zero-order valence-corrected chi connectivity index (χ0v) is 50.4. The Bertz CT molecular complexity index is 2870. The standard InChI is InChI=1S/C24H27BN2O4S.C23H27BN4O4.C14H25BO/c1-16-20(26-22(28)29-15-17-9-7-6-8-10-17)21(32-27-16)18-11-13-19(14-12-18)25-30-23(2,3)24(4,5)31-25;1-16-20(25-21(29)30-15-17-9-7-6-8-10-17)28(27-26-16)19-13-11-18(12-14-19)24-31-22(2,3)23(4,5)32-24;1-9-10-11-12(2)15(8)16-14(6,7)13(3,4)5/h6-14H,15H2,1-5H3,(H,26,28);6-14H,15H2,1-5H3,(H,25,29);9-11H,1-2H2,3-8H3/b;;11-10-. The van der Waals surface area contributed by atoms with Crippen LogP contribution in [0.15, 0.2) is 146 Å². The molecule has 0 aliphatic carbocycles. The average molecular weight is 1100 g/mol. The van der Waals surface area contributed by atoms with Crippen LogP contribution in [0.5, 0.6) is 0 Å². The van der Waals surface area contributed by atoms with Crippen molar-refractivity contribution >= 4 is 67.3 Å². The van der Waals surface area contributed by atoms with Crippen molar-refractivity contribution < 1.29 is 42.3 Å². The molecule has 80 heavy (non-hydrogen) atoms. The summed E-state index contributed by atoms with van der Waals surface area (Å²) >= 11 is 1.34. The molecule has 0 unspecified atom stereocenters. The Morgan fingerprint density at radius 1 is 0.688 bits per heavy atom. The Hall–Kier alpha value is -6.60. The second-order valence-corrected chi connectivity index (χ2v) is 24.1. The fourth-order valence-electron chi connectivity index (χ4n) is 7.66. The Morgan fingerprint density at radius 2 is 1.14 bits per heavy atom. The van der Waals surface area contributed by atoms with E-state index in [1.54, 1.807) is 17.7 Å². The molecule has 15 nitrogen and oxygen atoms in total. The van der Waals surface area contributed by atoms with Gasteiger partial charge in [0.05, 0.1) is 50.0 Å². The predicted molar refractivity (Wildman–Crippen MR) is 325 cm³/mol. The predicted octanol–water partition coefficient (Wildman–Crippen LogP) is 13.1. The number of aromatic nitrogens is 4. The maximum absolute atomic E-state index is 12.4. The Labute approximate surface area is 479 Å². The van der Waals surface area contributed by atoms with Crippen molar-refractivity contribution in [1.29, 1.82) is 0 Å². The highest BCUT2D eigenvalue weighted by molar-refractivity contribution is 7.10. The van der Waals surface area contributed by atoms with Crippen LogP contribution in [0.2, 0.25) is 6.82 Å². The molecule has 0 radical (unpaired) electrons. The van der Waals surface area contributed by atoms with E-state index in [4.69, 9.17) is 32.7 Å². The van der Waals surface area contributed by atoms with E-state index in [1.165, 1.54) is 11.5 Å². The molecule has 0 saturated carbocycles. The molecule has 4 heterocycles. The van der Waals surface area contributed by atoms with Crippen molar-refractivity contribution in [1.82, 2.24) is 19.4 Å². The van der Waals surface area contributed by atoms with E-state index >= 15 is 0 Å². The van der Waals surface area contributed by atoms with E-state index in [1.807, 2.05) is 190 Å². The molecule has 8 rings (SSSR count). The van der Waals surface area contributed by atoms with Crippen LogP contribution in [-0.4, -0.2) is 80.7 Å². The van der Waals surface area contributed by atoms with Gasteiger partial charge in [0.2, 0.25) is 0 Å². The van der Waals surface area contributed by atoms with Crippen LogP contribution in [0, 0.1) is 19.3 Å². The van der Waals surface area contributed by atoms with E-state index in [2.05, 4.69) is 73.1 Å². The van der Waals surface area contributed by atoms with Crippen LogP contribution in [0.3, 0.4) is 0 Å². The summed E-state index contributed by atoms with van der Waals surface area (Å²) in [5, 5.41) is 13.9. The molecule has 2 aromatic heterocycles. The van der Waals surface area contributed by atoms with Crippen molar-refractivity contribution in [2.24, 2.45) is 5.41 Å². The monoisotopic (exact) mass is 1100 g/mol. The average Bonchev–Trinajstić information content (AvgIpc) is 4.25. The number of nitrogens with one attached hydrogen (secondary N) is 2. The molecule has 6 aromatic rings. The molecule has 2 fully saturated rings. The molecule has 4 aromatic carbocycles. The van der Waals surface area contributed by atoms with E-state index in [9.17, 15) is 9.59 Å². The number of ether oxygens (including phenoxy) is 2. The van der Waals surface area contributed by atoms with Gasteiger partial charge in [-0.25, -0.2) is 9.59 Å². The number of amides is 2. The molecule has 0 atom stereocenters. The molecule has 2 aliphatic heterocycles. The first-order valence-electron chi connectivity index (χ1n) is 26.9.